The van der Waals surface area contributed by atoms with Gasteiger partial charge in [-0.15, -0.1) is 0 Å². The van der Waals surface area contributed by atoms with Crippen molar-refractivity contribution in [2.24, 2.45) is 0 Å². The van der Waals surface area contributed by atoms with E-state index in [-0.39, 0.29) is 18.6 Å². The van der Waals surface area contributed by atoms with Gasteiger partial charge in [-0.2, -0.15) is 0 Å². The third-order valence-corrected chi connectivity index (χ3v) is 2.83. The quantitative estimate of drug-likeness (QED) is 0.906. The smallest absolute Gasteiger partial charge is 0.303 e. The maximum Gasteiger partial charge on any atom is 0.303 e. The number of hydrogen-bond donors (Lipinski definition) is 1. The molecule has 0 amide bonds. The lowest BCUT2D eigenvalue weighted by Gasteiger charge is -2.16. The molecule has 6 heteroatoms. The van der Waals surface area contributed by atoms with Gasteiger partial charge in [-0.3, -0.25) is 4.79 Å². The maximum absolute atomic E-state index is 13.9. The molecule has 0 unspecified atom stereocenters. The molecule has 0 aromatic heterocycles. The molecule has 19 heavy (non-hydrogen) atoms. The molecule has 1 aliphatic rings. The summed E-state index contributed by atoms with van der Waals surface area (Å²) in [7, 11) is 1.34. The lowest BCUT2D eigenvalue weighted by atomic mass is 10.1. The molecule has 1 aromatic rings. The monoisotopic (exact) mass is 270 g/mol. The lowest BCUT2D eigenvalue weighted by Crippen LogP contribution is -2.05. The highest BCUT2D eigenvalue weighted by Crippen LogP contribution is 2.41. The molecule has 1 heterocycles. The van der Waals surface area contributed by atoms with Gasteiger partial charge in [0.05, 0.1) is 20.3 Å². The maximum atomic E-state index is 13.9. The molecule has 1 N–H and O–H groups in total. The van der Waals surface area contributed by atoms with Crippen LogP contribution in [0.5, 0.6) is 17.2 Å². The highest BCUT2D eigenvalue weighted by Gasteiger charge is 2.23. The number of carboxylic acids is 1. The summed E-state index contributed by atoms with van der Waals surface area (Å²) in [6.45, 7) is 0.888. The zero-order chi connectivity index (χ0) is 13.8. The van der Waals surface area contributed by atoms with Gasteiger partial charge in [0.15, 0.2) is 23.1 Å². The Morgan fingerprint density at radius 1 is 1.47 bits per heavy atom. The third-order valence-electron chi connectivity index (χ3n) is 2.83. The molecular weight excluding hydrogens is 255 g/mol. The average molecular weight is 270 g/mol. The predicted molar refractivity (Wildman–Crippen MR) is 64.5 cm³/mol. The first-order valence-electron chi connectivity index (χ1n) is 6.00. The van der Waals surface area contributed by atoms with Crippen LogP contribution in [-0.2, 0) is 11.2 Å². The van der Waals surface area contributed by atoms with Crippen molar-refractivity contribution in [3.8, 4) is 17.2 Å². The molecule has 104 valence electrons. The van der Waals surface area contributed by atoms with Crippen molar-refractivity contribution in [3.05, 3.63) is 17.4 Å². The fourth-order valence-electron chi connectivity index (χ4n) is 2.00. The lowest BCUT2D eigenvalue weighted by molar-refractivity contribution is -0.136. The van der Waals surface area contributed by atoms with Crippen LogP contribution in [0.4, 0.5) is 4.39 Å². The number of hydrogen-bond acceptors (Lipinski definition) is 4. The number of fused-ring (bicyclic) bond motifs is 1. The second-order valence-electron chi connectivity index (χ2n) is 4.14. The van der Waals surface area contributed by atoms with Crippen molar-refractivity contribution in [2.75, 3.05) is 20.3 Å². The fourth-order valence-corrected chi connectivity index (χ4v) is 2.00. The topological polar surface area (TPSA) is 65.0 Å². The minimum absolute atomic E-state index is 0.0190. The molecule has 0 bridgehead atoms. The van der Waals surface area contributed by atoms with Crippen molar-refractivity contribution in [3.63, 3.8) is 0 Å². The van der Waals surface area contributed by atoms with E-state index in [4.69, 9.17) is 19.3 Å². The van der Waals surface area contributed by atoms with Gasteiger partial charge in [-0.1, -0.05) is 0 Å². The number of aliphatic carboxylic acids is 1. The Hall–Kier alpha value is -1.98. The van der Waals surface area contributed by atoms with E-state index < -0.39 is 11.8 Å². The van der Waals surface area contributed by atoms with Crippen molar-refractivity contribution in [1.82, 2.24) is 0 Å². The van der Waals surface area contributed by atoms with E-state index in [1.807, 2.05) is 0 Å². The number of methoxy groups -OCH3 is 1. The Morgan fingerprint density at radius 3 is 2.89 bits per heavy atom. The molecule has 1 aromatic carbocycles. The highest BCUT2D eigenvalue weighted by molar-refractivity contribution is 5.68. The summed E-state index contributed by atoms with van der Waals surface area (Å²) >= 11 is 0. The highest BCUT2D eigenvalue weighted by atomic mass is 19.1. The molecule has 0 spiro atoms. The Morgan fingerprint density at radius 2 is 2.21 bits per heavy atom. The van der Waals surface area contributed by atoms with Crippen LogP contribution < -0.4 is 14.2 Å². The predicted octanol–water partition coefficient (Wildman–Crippen LogP) is 2.01. The van der Waals surface area contributed by atoms with Crippen molar-refractivity contribution in [2.45, 2.75) is 19.3 Å². The van der Waals surface area contributed by atoms with Crippen molar-refractivity contribution < 1.29 is 28.5 Å². The first-order valence-corrected chi connectivity index (χ1v) is 6.00. The molecule has 0 fully saturated rings. The SMILES string of the molecule is COc1c(F)cc2c(c1CCC(=O)O)OCCCO2. The molecule has 0 radical (unpaired) electrons. The number of carbonyl (C=O) groups is 1. The van der Waals surface area contributed by atoms with Gasteiger partial charge < -0.3 is 19.3 Å². The van der Waals surface area contributed by atoms with Gasteiger partial charge in [0.2, 0.25) is 0 Å². The minimum atomic E-state index is -0.963. The molecule has 0 saturated carbocycles. The van der Waals surface area contributed by atoms with E-state index in [9.17, 15) is 9.18 Å². The summed E-state index contributed by atoms with van der Waals surface area (Å²) in [5.41, 5.74) is 0.404. The minimum Gasteiger partial charge on any atom is -0.493 e. The zero-order valence-corrected chi connectivity index (χ0v) is 10.6. The Balaban J connectivity index is 2.45. The summed E-state index contributed by atoms with van der Waals surface area (Å²) in [5.74, 6) is -0.833. The molecule has 1 aliphatic heterocycles. The van der Waals surface area contributed by atoms with Crippen LogP contribution in [0.2, 0.25) is 0 Å². The van der Waals surface area contributed by atoms with E-state index >= 15 is 0 Å². The normalized spacial score (nSPS) is 13.8. The van der Waals surface area contributed by atoms with E-state index in [1.165, 1.54) is 13.2 Å². The Kier molecular flexibility index (Phi) is 4.09. The van der Waals surface area contributed by atoms with E-state index in [0.29, 0.717) is 36.7 Å². The Bertz CT molecular complexity index is 486. The molecular formula is C13H15FO5. The number of rotatable bonds is 4. The average Bonchev–Trinajstić information content (AvgIpc) is 2.60. The van der Waals surface area contributed by atoms with Crippen LogP contribution in [0.3, 0.4) is 0 Å². The Labute approximate surface area is 109 Å². The van der Waals surface area contributed by atoms with Crippen molar-refractivity contribution >= 4 is 5.97 Å². The largest absolute Gasteiger partial charge is 0.493 e. The molecule has 0 atom stereocenters. The van der Waals surface area contributed by atoms with Crippen LogP contribution in [0, 0.1) is 5.82 Å². The first kappa shape index (κ1) is 13.5. The number of benzene rings is 1. The van der Waals surface area contributed by atoms with Crippen LogP contribution in [0.15, 0.2) is 6.07 Å². The third kappa shape index (κ3) is 2.89. The summed E-state index contributed by atoms with van der Waals surface area (Å²) in [6, 6.07) is 1.21. The molecule has 0 saturated heterocycles. The van der Waals surface area contributed by atoms with Gasteiger partial charge in [0.25, 0.3) is 0 Å². The standard InChI is InChI=1S/C13H15FO5/c1-17-12-8(3-4-11(15)16)13-10(7-9(12)14)18-5-2-6-19-13/h7H,2-6H2,1H3,(H,15,16). The van der Waals surface area contributed by atoms with E-state index in [1.54, 1.807) is 0 Å². The number of carboxylic acid groups (broad SMARTS) is 1. The zero-order valence-electron chi connectivity index (χ0n) is 10.6. The summed E-state index contributed by atoms with van der Waals surface area (Å²) in [6.07, 6.45) is 0.689. The fraction of sp³-hybridized carbons (Fsp3) is 0.462. The molecule has 0 aliphatic carbocycles. The van der Waals surface area contributed by atoms with Crippen LogP contribution in [-0.4, -0.2) is 31.4 Å². The molecule has 5 nitrogen and oxygen atoms in total. The van der Waals surface area contributed by atoms with Crippen LogP contribution >= 0.6 is 0 Å². The van der Waals surface area contributed by atoms with Crippen LogP contribution in [0.1, 0.15) is 18.4 Å². The van der Waals surface area contributed by atoms with Gasteiger partial charge in [-0.25, -0.2) is 4.39 Å². The summed E-state index contributed by atoms with van der Waals surface area (Å²) in [4.78, 5) is 10.7. The second kappa shape index (κ2) is 5.77. The van der Waals surface area contributed by atoms with Gasteiger partial charge in [0.1, 0.15) is 0 Å². The molecule has 2 rings (SSSR count). The van der Waals surface area contributed by atoms with Gasteiger partial charge in [0, 0.05) is 24.5 Å². The van der Waals surface area contributed by atoms with E-state index in [2.05, 4.69) is 0 Å². The number of ether oxygens (including phenoxy) is 3. The summed E-state index contributed by atoms with van der Waals surface area (Å²) < 4.78 is 29.9. The van der Waals surface area contributed by atoms with Crippen molar-refractivity contribution in [1.29, 1.82) is 0 Å². The van der Waals surface area contributed by atoms with Gasteiger partial charge >= 0.3 is 5.97 Å². The first-order chi connectivity index (χ1) is 9.13. The van der Waals surface area contributed by atoms with Gasteiger partial charge in [-0.05, 0) is 6.42 Å². The van der Waals surface area contributed by atoms with E-state index in [0.717, 1.165) is 0 Å². The summed E-state index contributed by atoms with van der Waals surface area (Å²) in [5, 5.41) is 8.76. The van der Waals surface area contributed by atoms with Crippen LogP contribution in [0.25, 0.3) is 0 Å². The number of halogens is 1. The second-order valence-corrected chi connectivity index (χ2v) is 4.14.